The zero-order valence-corrected chi connectivity index (χ0v) is 10.4. The van der Waals surface area contributed by atoms with E-state index in [2.05, 4.69) is 10.1 Å². The summed E-state index contributed by atoms with van der Waals surface area (Å²) in [5.74, 6) is -0.00759. The van der Waals surface area contributed by atoms with Crippen molar-refractivity contribution in [3.05, 3.63) is 11.7 Å². The first-order valence-corrected chi connectivity index (χ1v) is 6.03. The minimum atomic E-state index is -4.69. The van der Waals surface area contributed by atoms with Crippen LogP contribution in [0.1, 0.15) is 37.9 Å². The van der Waals surface area contributed by atoms with Gasteiger partial charge in [-0.2, -0.15) is 18.2 Å². The maximum absolute atomic E-state index is 12.2. The third kappa shape index (κ3) is 3.24. The second-order valence-corrected chi connectivity index (χ2v) is 4.81. The fourth-order valence-electron chi connectivity index (χ4n) is 1.94. The molecule has 0 amide bonds. The minimum Gasteiger partial charge on any atom is -0.383 e. The molecule has 0 spiro atoms. The lowest BCUT2D eigenvalue weighted by Gasteiger charge is -2.30. The van der Waals surface area contributed by atoms with Crippen LogP contribution in [0.15, 0.2) is 4.52 Å². The van der Waals surface area contributed by atoms with Crippen molar-refractivity contribution in [3.63, 3.8) is 0 Å². The van der Waals surface area contributed by atoms with Gasteiger partial charge >= 0.3 is 6.18 Å². The summed E-state index contributed by atoms with van der Waals surface area (Å²) in [5, 5.41) is 12.6. The largest absolute Gasteiger partial charge is 0.414 e. The van der Waals surface area contributed by atoms with Gasteiger partial charge in [0.2, 0.25) is 11.7 Å². The van der Waals surface area contributed by atoms with E-state index in [4.69, 9.17) is 14.4 Å². The number of aromatic nitrogens is 2. The van der Waals surface area contributed by atoms with Gasteiger partial charge in [0.15, 0.2) is 6.10 Å². The highest BCUT2D eigenvalue weighted by Crippen LogP contribution is 2.33. The molecule has 0 bridgehead atoms. The van der Waals surface area contributed by atoms with E-state index in [-0.39, 0.29) is 11.7 Å². The van der Waals surface area contributed by atoms with E-state index in [9.17, 15) is 13.2 Å². The highest BCUT2D eigenvalue weighted by Gasteiger charge is 2.40. The molecule has 1 fully saturated rings. The number of aliphatic hydroxyl groups excluding tert-OH is 1. The van der Waals surface area contributed by atoms with Crippen molar-refractivity contribution in [1.82, 2.24) is 10.1 Å². The van der Waals surface area contributed by atoms with Gasteiger partial charge in [0.25, 0.3) is 0 Å². The normalized spacial score (nSPS) is 26.4. The first-order valence-electron chi connectivity index (χ1n) is 6.03. The number of hydrogen-bond donors (Lipinski definition) is 1. The number of alkyl halides is 3. The molecule has 1 N–H and O–H groups in total. The summed E-state index contributed by atoms with van der Waals surface area (Å²) in [6.07, 6.45) is -5.38. The van der Waals surface area contributed by atoms with Crippen molar-refractivity contribution in [1.29, 1.82) is 0 Å². The predicted molar refractivity (Wildman–Crippen MR) is 57.2 cm³/mol. The van der Waals surface area contributed by atoms with E-state index in [0.29, 0.717) is 13.0 Å². The van der Waals surface area contributed by atoms with Crippen LogP contribution in [0.3, 0.4) is 0 Å². The Balaban J connectivity index is 2.06. The van der Waals surface area contributed by atoms with Crippen molar-refractivity contribution in [2.75, 3.05) is 6.61 Å². The summed E-state index contributed by atoms with van der Waals surface area (Å²) in [4.78, 5) is 3.90. The van der Waals surface area contributed by atoms with Gasteiger partial charge in [0.05, 0.1) is 6.42 Å². The van der Waals surface area contributed by atoms with Gasteiger partial charge in [0.1, 0.15) is 5.60 Å². The van der Waals surface area contributed by atoms with Gasteiger partial charge in [0, 0.05) is 6.61 Å². The van der Waals surface area contributed by atoms with Crippen molar-refractivity contribution in [2.24, 2.45) is 0 Å². The van der Waals surface area contributed by atoms with Crippen molar-refractivity contribution in [2.45, 2.75) is 50.5 Å². The third-order valence-electron chi connectivity index (χ3n) is 3.16. The lowest BCUT2D eigenvalue weighted by atomic mass is 9.95. The molecule has 1 saturated heterocycles. The van der Waals surface area contributed by atoms with E-state index in [1.54, 1.807) is 6.92 Å². The molecular weight excluding hydrogens is 265 g/mol. The minimum absolute atomic E-state index is 0.233. The average molecular weight is 280 g/mol. The molecule has 0 aliphatic carbocycles. The molecule has 0 aromatic carbocycles. The molecule has 19 heavy (non-hydrogen) atoms. The SMILES string of the molecule is CC1(c2noc(CC(O)C(F)(F)F)n2)CCCCO1. The van der Waals surface area contributed by atoms with Crippen molar-refractivity contribution in [3.8, 4) is 0 Å². The molecule has 0 saturated carbocycles. The zero-order valence-electron chi connectivity index (χ0n) is 10.4. The summed E-state index contributed by atoms with van der Waals surface area (Å²) < 4.78 is 46.9. The molecule has 2 unspecified atom stereocenters. The molecular formula is C11H15F3N2O3. The Kier molecular flexibility index (Phi) is 3.82. The fourth-order valence-corrected chi connectivity index (χ4v) is 1.94. The summed E-state index contributed by atoms with van der Waals surface area (Å²) >= 11 is 0. The number of hydrogen-bond acceptors (Lipinski definition) is 5. The standard InChI is InChI=1S/C11H15F3N2O3/c1-10(4-2-3-5-18-10)9-15-8(19-16-9)6-7(17)11(12,13)14/h7,17H,2-6H2,1H3. The molecule has 5 nitrogen and oxygen atoms in total. The van der Waals surface area contributed by atoms with Gasteiger partial charge in [-0.25, -0.2) is 0 Å². The molecule has 8 heteroatoms. The summed E-state index contributed by atoms with van der Waals surface area (Å²) in [6, 6.07) is 0. The van der Waals surface area contributed by atoms with E-state index in [1.165, 1.54) is 0 Å². The second kappa shape index (κ2) is 5.09. The first-order chi connectivity index (χ1) is 8.81. The monoisotopic (exact) mass is 280 g/mol. The van der Waals surface area contributed by atoms with Crippen LogP contribution in [0, 0.1) is 0 Å². The second-order valence-electron chi connectivity index (χ2n) is 4.81. The third-order valence-corrected chi connectivity index (χ3v) is 3.16. The molecule has 1 aliphatic heterocycles. The van der Waals surface area contributed by atoms with Crippen LogP contribution in [0.5, 0.6) is 0 Å². The lowest BCUT2D eigenvalue weighted by Crippen LogP contribution is -2.32. The van der Waals surface area contributed by atoms with Crippen LogP contribution in [0.2, 0.25) is 0 Å². The van der Waals surface area contributed by atoms with Gasteiger partial charge < -0.3 is 14.4 Å². The summed E-state index contributed by atoms with van der Waals surface area (Å²) in [7, 11) is 0. The van der Waals surface area contributed by atoms with Crippen molar-refractivity contribution < 1.29 is 27.5 Å². The Morgan fingerprint density at radius 2 is 2.16 bits per heavy atom. The Bertz CT molecular complexity index is 427. The van der Waals surface area contributed by atoms with Gasteiger partial charge in [-0.3, -0.25) is 0 Å². The van der Waals surface area contributed by atoms with Crippen LogP contribution in [-0.2, 0) is 16.8 Å². The van der Waals surface area contributed by atoms with Crippen LogP contribution in [0.4, 0.5) is 13.2 Å². The Morgan fingerprint density at radius 3 is 2.74 bits per heavy atom. The van der Waals surface area contributed by atoms with E-state index < -0.39 is 24.3 Å². The zero-order chi connectivity index (χ0) is 14.1. The molecule has 2 heterocycles. The van der Waals surface area contributed by atoms with E-state index >= 15 is 0 Å². The molecule has 2 atom stereocenters. The average Bonchev–Trinajstić information content (AvgIpc) is 2.78. The number of nitrogens with zero attached hydrogens (tertiary/aromatic N) is 2. The van der Waals surface area contributed by atoms with Gasteiger partial charge in [-0.1, -0.05) is 5.16 Å². The van der Waals surface area contributed by atoms with Crippen molar-refractivity contribution >= 4 is 0 Å². The maximum Gasteiger partial charge on any atom is 0.414 e. The molecule has 108 valence electrons. The van der Waals surface area contributed by atoms with E-state index in [1.807, 2.05) is 0 Å². The smallest absolute Gasteiger partial charge is 0.383 e. The first kappa shape index (κ1) is 14.3. The Labute approximate surface area is 107 Å². The van der Waals surface area contributed by atoms with Gasteiger partial charge in [-0.15, -0.1) is 0 Å². The molecule has 1 aromatic heterocycles. The van der Waals surface area contributed by atoms with Crippen LogP contribution in [0.25, 0.3) is 0 Å². The molecule has 1 aliphatic rings. The fraction of sp³-hybridized carbons (Fsp3) is 0.818. The number of rotatable bonds is 3. The number of aliphatic hydroxyl groups is 1. The van der Waals surface area contributed by atoms with Crippen LogP contribution >= 0.6 is 0 Å². The Morgan fingerprint density at radius 1 is 1.42 bits per heavy atom. The summed E-state index contributed by atoms with van der Waals surface area (Å²) in [5.41, 5.74) is -0.719. The van der Waals surface area contributed by atoms with Crippen LogP contribution < -0.4 is 0 Å². The number of ether oxygens (including phenoxy) is 1. The number of halogens is 3. The topological polar surface area (TPSA) is 68.4 Å². The molecule has 0 radical (unpaired) electrons. The predicted octanol–water partition coefficient (Wildman–Crippen LogP) is 1.95. The highest BCUT2D eigenvalue weighted by atomic mass is 19.4. The van der Waals surface area contributed by atoms with E-state index in [0.717, 1.165) is 12.8 Å². The summed E-state index contributed by atoms with van der Waals surface area (Å²) in [6.45, 7) is 2.34. The lowest BCUT2D eigenvalue weighted by molar-refractivity contribution is -0.204. The Hall–Kier alpha value is -1.15. The molecule has 2 rings (SSSR count). The quantitative estimate of drug-likeness (QED) is 0.916. The maximum atomic E-state index is 12.2. The highest BCUT2D eigenvalue weighted by molar-refractivity contribution is 5.01. The molecule has 1 aromatic rings. The van der Waals surface area contributed by atoms with Gasteiger partial charge in [-0.05, 0) is 26.2 Å². The van der Waals surface area contributed by atoms with Crippen LogP contribution in [-0.4, -0.2) is 34.1 Å².